The second kappa shape index (κ2) is 3.77. The molecule has 0 heterocycles. The lowest BCUT2D eigenvalue weighted by atomic mass is 10.6. The second-order valence-electron chi connectivity index (χ2n) is 2.03. The van der Waals surface area contributed by atoms with Crippen LogP contribution in [0.4, 0.5) is 0 Å². The Bertz CT molecular complexity index is 135. The Kier molecular flexibility index (Phi) is 3.70. The summed E-state index contributed by atoms with van der Waals surface area (Å²) in [5, 5.41) is 8.66. The first kappa shape index (κ1) is 8.82. The summed E-state index contributed by atoms with van der Waals surface area (Å²) in [7, 11) is 0.713. The van der Waals surface area contributed by atoms with Gasteiger partial charge in [0.1, 0.15) is 0 Å². The second-order valence-corrected chi connectivity index (χ2v) is 3.20. The van der Waals surface area contributed by atoms with E-state index >= 15 is 0 Å². The lowest BCUT2D eigenvalue weighted by Crippen LogP contribution is -2.21. The molecule has 0 saturated carbocycles. The van der Waals surface area contributed by atoms with Gasteiger partial charge in [-0.1, -0.05) is 0 Å². The van der Waals surface area contributed by atoms with Crippen molar-refractivity contribution in [2.75, 3.05) is 20.6 Å². The Labute approximate surface area is 54.3 Å². The van der Waals surface area contributed by atoms with Crippen LogP contribution in [0, 0.1) is 0 Å². The van der Waals surface area contributed by atoms with Gasteiger partial charge in [0.2, 0.25) is 0 Å². The van der Waals surface area contributed by atoms with E-state index in [1.54, 1.807) is 19.0 Å². The quantitative estimate of drug-likeness (QED) is 0.578. The largest absolute Gasteiger partial charge is 0.377 e. The highest BCUT2D eigenvalue weighted by atomic mass is 31.1. The number of hydrogen-bond acceptors (Lipinski definition) is 4. The predicted octanol–water partition coefficient (Wildman–Crippen LogP) is 0.0393. The Morgan fingerprint density at radius 3 is 2.11 bits per heavy atom. The molecule has 0 aliphatic carbocycles. The van der Waals surface area contributed by atoms with E-state index in [-0.39, 0.29) is 6.54 Å². The minimum absolute atomic E-state index is 0.165. The molecule has 0 aromatic heterocycles. The highest BCUT2D eigenvalue weighted by Crippen LogP contribution is 2.10. The van der Waals surface area contributed by atoms with Crippen LogP contribution in [0.25, 0.3) is 0 Å². The number of hydrogen-bond donors (Lipinski definition) is 1. The van der Waals surface area contributed by atoms with Crippen LogP contribution >= 0.6 is 7.68 Å². The van der Waals surface area contributed by atoms with Crippen LogP contribution in [0.15, 0.2) is 0 Å². The monoisotopic (exact) mass is 151 g/mol. The number of aliphatic hydroxyl groups is 1. The van der Waals surface area contributed by atoms with E-state index in [0.29, 0.717) is 0 Å². The zero-order valence-electron chi connectivity index (χ0n) is 5.44. The maximum atomic E-state index is 10.00. The smallest absolute Gasteiger partial charge is 0.346 e. The average molecular weight is 151 g/mol. The SMILES string of the molecule is CN(C)CC(O)P(=O)=O. The fourth-order valence-electron chi connectivity index (χ4n) is 0.393. The summed E-state index contributed by atoms with van der Waals surface area (Å²) in [4.78, 5) is 1.61. The molecule has 0 aromatic rings. The minimum atomic E-state index is -2.68. The molecule has 1 atom stereocenters. The van der Waals surface area contributed by atoms with Gasteiger partial charge in [-0.3, -0.25) is 0 Å². The maximum Gasteiger partial charge on any atom is 0.346 e. The van der Waals surface area contributed by atoms with Crippen LogP contribution in [-0.2, 0) is 9.13 Å². The molecule has 9 heavy (non-hydrogen) atoms. The van der Waals surface area contributed by atoms with Crippen molar-refractivity contribution < 1.29 is 14.2 Å². The molecule has 0 rings (SSSR count). The third kappa shape index (κ3) is 4.33. The van der Waals surface area contributed by atoms with E-state index < -0.39 is 13.5 Å². The van der Waals surface area contributed by atoms with Crippen LogP contribution in [0.1, 0.15) is 0 Å². The van der Waals surface area contributed by atoms with Crippen LogP contribution < -0.4 is 0 Å². The Hall–Kier alpha value is -0.180. The normalized spacial score (nSPS) is 13.8. The lowest BCUT2D eigenvalue weighted by Gasteiger charge is -2.08. The summed E-state index contributed by atoms with van der Waals surface area (Å²) in [5.41, 5.74) is 0. The summed E-state index contributed by atoms with van der Waals surface area (Å²) in [6.07, 6.45) is 0. The van der Waals surface area contributed by atoms with E-state index in [9.17, 15) is 9.13 Å². The molecule has 4 nitrogen and oxygen atoms in total. The summed E-state index contributed by atoms with van der Waals surface area (Å²) in [6, 6.07) is 0. The zero-order valence-corrected chi connectivity index (χ0v) is 6.34. The fraction of sp³-hybridized carbons (Fsp3) is 1.00. The van der Waals surface area contributed by atoms with Crippen molar-refractivity contribution in [1.82, 2.24) is 4.90 Å². The van der Waals surface area contributed by atoms with Gasteiger partial charge < -0.3 is 10.0 Å². The van der Waals surface area contributed by atoms with Crippen molar-refractivity contribution in [2.24, 2.45) is 0 Å². The molecule has 1 unspecified atom stereocenters. The molecule has 5 heteroatoms. The van der Waals surface area contributed by atoms with Gasteiger partial charge >= 0.3 is 7.68 Å². The van der Waals surface area contributed by atoms with Gasteiger partial charge in [-0.2, -0.15) is 0 Å². The molecule has 0 saturated heterocycles. The van der Waals surface area contributed by atoms with Crippen molar-refractivity contribution in [3.05, 3.63) is 0 Å². The molecule has 0 amide bonds. The van der Waals surface area contributed by atoms with Crippen LogP contribution in [0.2, 0.25) is 0 Å². The van der Waals surface area contributed by atoms with Crippen LogP contribution in [0.3, 0.4) is 0 Å². The Balaban J connectivity index is 3.64. The van der Waals surface area contributed by atoms with Gasteiger partial charge in [0, 0.05) is 6.54 Å². The van der Waals surface area contributed by atoms with Gasteiger partial charge in [0.05, 0.1) is 0 Å². The molecule has 0 aliphatic rings. The average Bonchev–Trinajstić information content (AvgIpc) is 1.63. The molecule has 54 valence electrons. The zero-order chi connectivity index (χ0) is 7.44. The molecule has 0 bridgehead atoms. The molecule has 0 aromatic carbocycles. The highest BCUT2D eigenvalue weighted by molar-refractivity contribution is 7.31. The molecular formula is C4H10NO3P. The summed E-state index contributed by atoms with van der Waals surface area (Å²) in [6.45, 7) is 0.165. The molecule has 0 fully saturated rings. The topological polar surface area (TPSA) is 57.6 Å². The highest BCUT2D eigenvalue weighted by Gasteiger charge is 2.09. The first-order chi connectivity index (χ1) is 4.04. The Morgan fingerprint density at radius 1 is 1.56 bits per heavy atom. The van der Waals surface area contributed by atoms with Crippen molar-refractivity contribution in [3.8, 4) is 0 Å². The molecule has 0 spiro atoms. The van der Waals surface area contributed by atoms with E-state index in [4.69, 9.17) is 5.11 Å². The third-order valence-electron chi connectivity index (χ3n) is 0.772. The molecule has 0 aliphatic heterocycles. The van der Waals surface area contributed by atoms with Crippen LogP contribution in [0.5, 0.6) is 0 Å². The summed E-state index contributed by atoms with van der Waals surface area (Å²) < 4.78 is 20.0. The van der Waals surface area contributed by atoms with E-state index in [1.807, 2.05) is 0 Å². The van der Waals surface area contributed by atoms with Gasteiger partial charge in [0.25, 0.3) is 0 Å². The van der Waals surface area contributed by atoms with Gasteiger partial charge in [-0.15, -0.1) is 0 Å². The lowest BCUT2D eigenvalue weighted by molar-refractivity contribution is 0.199. The molecule has 0 radical (unpaired) electrons. The van der Waals surface area contributed by atoms with E-state index in [2.05, 4.69) is 0 Å². The van der Waals surface area contributed by atoms with Crippen molar-refractivity contribution in [1.29, 1.82) is 0 Å². The molecular weight excluding hydrogens is 141 g/mol. The van der Waals surface area contributed by atoms with Crippen LogP contribution in [-0.4, -0.2) is 36.5 Å². The van der Waals surface area contributed by atoms with Gasteiger partial charge in [0.15, 0.2) is 5.85 Å². The summed E-state index contributed by atoms with van der Waals surface area (Å²) >= 11 is 0. The number of rotatable bonds is 3. The van der Waals surface area contributed by atoms with Crippen molar-refractivity contribution >= 4 is 7.68 Å². The number of likely N-dealkylation sites (N-methyl/N-ethyl adjacent to an activating group) is 1. The first-order valence-electron chi connectivity index (χ1n) is 2.50. The molecule has 1 N–H and O–H groups in total. The number of nitrogens with zero attached hydrogens (tertiary/aromatic N) is 1. The Morgan fingerprint density at radius 2 is 2.00 bits per heavy atom. The minimum Gasteiger partial charge on any atom is -0.377 e. The van der Waals surface area contributed by atoms with E-state index in [1.165, 1.54) is 0 Å². The number of aliphatic hydroxyl groups excluding tert-OH is 1. The van der Waals surface area contributed by atoms with Crippen molar-refractivity contribution in [2.45, 2.75) is 5.85 Å². The van der Waals surface area contributed by atoms with Gasteiger partial charge in [-0.25, -0.2) is 9.13 Å². The third-order valence-corrected chi connectivity index (χ3v) is 1.42. The summed E-state index contributed by atoms with van der Waals surface area (Å²) in [5.74, 6) is -1.23. The van der Waals surface area contributed by atoms with E-state index in [0.717, 1.165) is 0 Å². The van der Waals surface area contributed by atoms with Gasteiger partial charge in [-0.05, 0) is 14.1 Å². The maximum absolute atomic E-state index is 10.00. The fourth-order valence-corrected chi connectivity index (χ4v) is 0.853. The van der Waals surface area contributed by atoms with Crippen molar-refractivity contribution in [3.63, 3.8) is 0 Å². The standard InChI is InChI=1S/C4H10NO3P/c1-5(2)3-4(6)9(7)8/h4,6H,3H2,1-2H3. The first-order valence-corrected chi connectivity index (χ1v) is 3.75. The predicted molar refractivity (Wildman–Crippen MR) is 32.9 cm³/mol.